The van der Waals surface area contributed by atoms with Gasteiger partial charge in [0.25, 0.3) is 0 Å². The van der Waals surface area contributed by atoms with Crippen LogP contribution in [0.3, 0.4) is 0 Å². The van der Waals surface area contributed by atoms with Gasteiger partial charge in [-0.1, -0.05) is 6.92 Å². The summed E-state index contributed by atoms with van der Waals surface area (Å²) in [6.07, 6.45) is 4.86. The third-order valence-electron chi connectivity index (χ3n) is 2.62. The number of nitrogens with zero attached hydrogens (tertiary/aromatic N) is 3. The third kappa shape index (κ3) is 3.14. The standard InChI is InChI=1S/C12H18N4S/c1-4-13-11(12-8-14-9(2)17-12)7-10-5-6-16(3)15-10/h5-6,8,11,13H,4,7H2,1-3H3. The number of nitrogens with one attached hydrogen (secondary N) is 1. The average Bonchev–Trinajstić information content (AvgIpc) is 2.87. The van der Waals surface area contributed by atoms with Crippen LogP contribution in [0.15, 0.2) is 18.5 Å². The van der Waals surface area contributed by atoms with Crippen LogP contribution in [0.4, 0.5) is 0 Å². The zero-order valence-corrected chi connectivity index (χ0v) is 11.3. The first-order chi connectivity index (χ1) is 8.19. The largest absolute Gasteiger partial charge is 0.309 e. The Bertz CT molecular complexity index is 474. The van der Waals surface area contributed by atoms with E-state index in [9.17, 15) is 0 Å². The van der Waals surface area contributed by atoms with E-state index in [-0.39, 0.29) is 0 Å². The molecule has 5 heteroatoms. The molecule has 0 saturated carbocycles. The Hall–Kier alpha value is -1.20. The lowest BCUT2D eigenvalue weighted by molar-refractivity contribution is 0.547. The van der Waals surface area contributed by atoms with E-state index in [1.165, 1.54) is 4.88 Å². The number of rotatable bonds is 5. The van der Waals surface area contributed by atoms with Crippen molar-refractivity contribution in [3.63, 3.8) is 0 Å². The molecule has 1 N–H and O–H groups in total. The Balaban J connectivity index is 2.12. The summed E-state index contributed by atoms with van der Waals surface area (Å²) in [7, 11) is 1.95. The molecule has 0 amide bonds. The molecular formula is C12H18N4S. The van der Waals surface area contributed by atoms with E-state index >= 15 is 0 Å². The summed E-state index contributed by atoms with van der Waals surface area (Å²) in [5.41, 5.74) is 1.12. The van der Waals surface area contributed by atoms with Gasteiger partial charge in [-0.05, 0) is 19.5 Å². The molecule has 0 aliphatic heterocycles. The minimum atomic E-state index is 0.320. The highest BCUT2D eigenvalue weighted by Gasteiger charge is 2.14. The zero-order chi connectivity index (χ0) is 12.3. The molecule has 92 valence electrons. The number of hydrogen-bond acceptors (Lipinski definition) is 4. The van der Waals surface area contributed by atoms with E-state index in [2.05, 4.69) is 28.4 Å². The van der Waals surface area contributed by atoms with E-state index in [4.69, 9.17) is 0 Å². The predicted octanol–water partition coefficient (Wildman–Crippen LogP) is 2.08. The average molecular weight is 250 g/mol. The molecule has 2 aromatic rings. The number of hydrogen-bond donors (Lipinski definition) is 1. The quantitative estimate of drug-likeness (QED) is 0.883. The van der Waals surface area contributed by atoms with Gasteiger partial charge in [0, 0.05) is 36.8 Å². The summed E-state index contributed by atoms with van der Waals surface area (Å²) in [6.45, 7) is 5.12. The van der Waals surface area contributed by atoms with Gasteiger partial charge in [0.1, 0.15) is 0 Å². The van der Waals surface area contributed by atoms with Gasteiger partial charge in [0.15, 0.2) is 0 Å². The first-order valence-corrected chi connectivity index (χ1v) is 6.65. The lowest BCUT2D eigenvalue weighted by atomic mass is 10.1. The van der Waals surface area contributed by atoms with Crippen molar-refractivity contribution in [1.82, 2.24) is 20.1 Å². The van der Waals surface area contributed by atoms with Crippen molar-refractivity contribution in [3.8, 4) is 0 Å². The molecule has 0 radical (unpaired) electrons. The number of aryl methyl sites for hydroxylation is 2. The third-order valence-corrected chi connectivity index (χ3v) is 3.64. The van der Waals surface area contributed by atoms with Crippen molar-refractivity contribution in [2.45, 2.75) is 26.3 Å². The fourth-order valence-electron chi connectivity index (χ4n) is 1.84. The van der Waals surface area contributed by atoms with Crippen LogP contribution in [0.1, 0.15) is 28.5 Å². The van der Waals surface area contributed by atoms with Crippen LogP contribution in [-0.4, -0.2) is 21.3 Å². The first kappa shape index (κ1) is 12.3. The van der Waals surface area contributed by atoms with Crippen molar-refractivity contribution in [1.29, 1.82) is 0 Å². The zero-order valence-electron chi connectivity index (χ0n) is 10.5. The molecule has 0 aromatic carbocycles. The summed E-state index contributed by atoms with van der Waals surface area (Å²) in [6, 6.07) is 2.39. The molecule has 0 aliphatic rings. The fraction of sp³-hybridized carbons (Fsp3) is 0.500. The fourth-order valence-corrected chi connectivity index (χ4v) is 2.70. The highest BCUT2D eigenvalue weighted by atomic mass is 32.1. The number of likely N-dealkylation sites (N-methyl/N-ethyl adjacent to an activating group) is 1. The molecule has 0 saturated heterocycles. The Morgan fingerprint density at radius 1 is 1.53 bits per heavy atom. The summed E-state index contributed by atoms with van der Waals surface area (Å²) >= 11 is 1.75. The number of thiazole rings is 1. The highest BCUT2D eigenvalue weighted by Crippen LogP contribution is 2.23. The van der Waals surface area contributed by atoms with E-state index in [0.717, 1.165) is 23.7 Å². The Labute approximate surface area is 106 Å². The lowest BCUT2D eigenvalue weighted by Gasteiger charge is -2.14. The van der Waals surface area contributed by atoms with Crippen LogP contribution in [-0.2, 0) is 13.5 Å². The molecule has 2 aromatic heterocycles. The van der Waals surface area contributed by atoms with Gasteiger partial charge in [0.2, 0.25) is 0 Å². The van der Waals surface area contributed by atoms with Crippen LogP contribution in [0.25, 0.3) is 0 Å². The van der Waals surface area contributed by atoms with Crippen molar-refractivity contribution in [3.05, 3.63) is 34.0 Å². The summed E-state index contributed by atoms with van der Waals surface area (Å²) < 4.78 is 1.84. The van der Waals surface area contributed by atoms with Gasteiger partial charge in [0.05, 0.1) is 10.7 Å². The molecule has 0 spiro atoms. The van der Waals surface area contributed by atoms with Crippen LogP contribution in [0.5, 0.6) is 0 Å². The highest BCUT2D eigenvalue weighted by molar-refractivity contribution is 7.11. The van der Waals surface area contributed by atoms with Crippen LogP contribution >= 0.6 is 11.3 Å². The monoisotopic (exact) mass is 250 g/mol. The Kier molecular flexibility index (Phi) is 3.91. The molecule has 17 heavy (non-hydrogen) atoms. The van der Waals surface area contributed by atoms with E-state index in [1.807, 2.05) is 31.0 Å². The van der Waals surface area contributed by atoms with Crippen molar-refractivity contribution < 1.29 is 0 Å². The van der Waals surface area contributed by atoms with Crippen molar-refractivity contribution >= 4 is 11.3 Å². The molecule has 0 aliphatic carbocycles. The predicted molar refractivity (Wildman–Crippen MR) is 70.2 cm³/mol. The van der Waals surface area contributed by atoms with Gasteiger partial charge >= 0.3 is 0 Å². The Morgan fingerprint density at radius 3 is 2.88 bits per heavy atom. The minimum Gasteiger partial charge on any atom is -0.309 e. The molecule has 4 nitrogen and oxygen atoms in total. The Morgan fingerprint density at radius 2 is 2.35 bits per heavy atom. The second-order valence-electron chi connectivity index (χ2n) is 4.08. The maximum absolute atomic E-state index is 4.43. The maximum Gasteiger partial charge on any atom is 0.0897 e. The molecule has 0 fully saturated rings. The van der Waals surface area contributed by atoms with Gasteiger partial charge in [-0.25, -0.2) is 4.98 Å². The normalized spacial score (nSPS) is 12.9. The smallest absolute Gasteiger partial charge is 0.0897 e. The molecular weight excluding hydrogens is 232 g/mol. The van der Waals surface area contributed by atoms with E-state index in [0.29, 0.717) is 6.04 Å². The van der Waals surface area contributed by atoms with Gasteiger partial charge in [-0.2, -0.15) is 5.10 Å². The van der Waals surface area contributed by atoms with Crippen molar-refractivity contribution in [2.24, 2.45) is 7.05 Å². The molecule has 0 bridgehead atoms. The van der Waals surface area contributed by atoms with Crippen molar-refractivity contribution in [2.75, 3.05) is 6.54 Å². The van der Waals surface area contributed by atoms with Crippen LogP contribution in [0.2, 0.25) is 0 Å². The van der Waals surface area contributed by atoms with Gasteiger partial charge in [-0.3, -0.25) is 4.68 Å². The summed E-state index contributed by atoms with van der Waals surface area (Å²) in [4.78, 5) is 5.61. The van der Waals surface area contributed by atoms with Crippen LogP contribution in [0, 0.1) is 6.92 Å². The second-order valence-corrected chi connectivity index (χ2v) is 5.34. The van der Waals surface area contributed by atoms with E-state index < -0.39 is 0 Å². The summed E-state index contributed by atoms with van der Waals surface area (Å²) in [5, 5.41) is 9.03. The molecule has 1 atom stereocenters. The topological polar surface area (TPSA) is 42.7 Å². The SMILES string of the molecule is CCNC(Cc1ccn(C)n1)c1cnc(C)s1. The van der Waals surface area contributed by atoms with E-state index in [1.54, 1.807) is 11.3 Å². The second kappa shape index (κ2) is 5.42. The first-order valence-electron chi connectivity index (χ1n) is 5.83. The van der Waals surface area contributed by atoms with Crippen LogP contribution < -0.4 is 5.32 Å². The maximum atomic E-state index is 4.43. The van der Waals surface area contributed by atoms with Gasteiger partial charge in [-0.15, -0.1) is 11.3 Å². The van der Waals surface area contributed by atoms with Gasteiger partial charge < -0.3 is 5.32 Å². The molecule has 2 rings (SSSR count). The molecule has 1 unspecified atom stereocenters. The summed E-state index contributed by atoms with van der Waals surface area (Å²) in [5.74, 6) is 0. The lowest BCUT2D eigenvalue weighted by Crippen LogP contribution is -2.22. The molecule has 2 heterocycles. The number of aromatic nitrogens is 3. The minimum absolute atomic E-state index is 0.320.